The van der Waals surface area contributed by atoms with E-state index in [1.165, 1.54) is 6.07 Å². The Labute approximate surface area is 94.0 Å². The van der Waals surface area contributed by atoms with Crippen molar-refractivity contribution in [1.29, 1.82) is 0 Å². The molecule has 0 heterocycles. The molecule has 0 bridgehead atoms. The summed E-state index contributed by atoms with van der Waals surface area (Å²) in [5.74, 6) is -0.418. The Morgan fingerprint density at radius 3 is 2.69 bits per heavy atom. The number of nitro benzene ring substituents is 1. The van der Waals surface area contributed by atoms with E-state index in [2.05, 4.69) is 6.92 Å². The SMILES string of the molecule is CCCCCc1ccc([N+](=O)[O-])c(O)c1N. The first-order valence-electron chi connectivity index (χ1n) is 5.32. The summed E-state index contributed by atoms with van der Waals surface area (Å²) in [4.78, 5) is 9.90. The second-order valence-electron chi connectivity index (χ2n) is 3.72. The Kier molecular flexibility index (Phi) is 4.10. The molecule has 0 aliphatic rings. The molecule has 5 heteroatoms. The zero-order chi connectivity index (χ0) is 12.1. The van der Waals surface area contributed by atoms with Crippen LogP contribution in [-0.2, 0) is 6.42 Å². The average molecular weight is 224 g/mol. The van der Waals surface area contributed by atoms with Gasteiger partial charge in [0.2, 0.25) is 5.75 Å². The van der Waals surface area contributed by atoms with E-state index in [9.17, 15) is 15.2 Å². The molecule has 0 saturated carbocycles. The number of phenols is 1. The summed E-state index contributed by atoms with van der Waals surface area (Å²) in [5, 5.41) is 20.1. The molecule has 1 aromatic rings. The van der Waals surface area contributed by atoms with Gasteiger partial charge in [-0.15, -0.1) is 0 Å². The quantitative estimate of drug-likeness (QED) is 0.264. The van der Waals surface area contributed by atoms with Crippen LogP contribution in [0.5, 0.6) is 5.75 Å². The highest BCUT2D eigenvalue weighted by atomic mass is 16.6. The van der Waals surface area contributed by atoms with Gasteiger partial charge in [0, 0.05) is 6.07 Å². The molecule has 0 saturated heterocycles. The Hall–Kier alpha value is -1.78. The van der Waals surface area contributed by atoms with Gasteiger partial charge in [0.1, 0.15) is 0 Å². The maximum Gasteiger partial charge on any atom is 0.312 e. The maximum absolute atomic E-state index is 10.5. The van der Waals surface area contributed by atoms with Crippen LogP contribution in [-0.4, -0.2) is 10.0 Å². The normalized spacial score (nSPS) is 10.3. The van der Waals surface area contributed by atoms with Gasteiger partial charge in [-0.05, 0) is 24.5 Å². The molecule has 0 atom stereocenters. The Balaban J connectivity index is 2.89. The predicted molar refractivity (Wildman–Crippen MR) is 62.4 cm³/mol. The fourth-order valence-corrected chi connectivity index (χ4v) is 1.57. The number of nitrogens with two attached hydrogens (primary N) is 1. The van der Waals surface area contributed by atoms with Crippen LogP contribution in [0.25, 0.3) is 0 Å². The number of anilines is 1. The van der Waals surface area contributed by atoms with Crippen LogP contribution >= 0.6 is 0 Å². The molecule has 0 aliphatic carbocycles. The summed E-state index contributed by atoms with van der Waals surface area (Å²) in [7, 11) is 0. The number of nitrogen functional groups attached to an aromatic ring is 1. The first-order valence-corrected chi connectivity index (χ1v) is 5.32. The second-order valence-corrected chi connectivity index (χ2v) is 3.72. The highest BCUT2D eigenvalue weighted by molar-refractivity contribution is 5.67. The van der Waals surface area contributed by atoms with E-state index < -0.39 is 10.7 Å². The lowest BCUT2D eigenvalue weighted by molar-refractivity contribution is -0.385. The van der Waals surface area contributed by atoms with Crippen LogP contribution in [0.2, 0.25) is 0 Å². The first-order chi connectivity index (χ1) is 7.57. The Bertz CT molecular complexity index is 391. The smallest absolute Gasteiger partial charge is 0.312 e. The van der Waals surface area contributed by atoms with Crippen LogP contribution in [0.15, 0.2) is 12.1 Å². The van der Waals surface area contributed by atoms with E-state index in [0.29, 0.717) is 0 Å². The van der Waals surface area contributed by atoms with Crippen molar-refractivity contribution < 1.29 is 10.0 Å². The highest BCUT2D eigenvalue weighted by Crippen LogP contribution is 2.34. The fourth-order valence-electron chi connectivity index (χ4n) is 1.57. The minimum atomic E-state index is -0.637. The van der Waals surface area contributed by atoms with Crippen molar-refractivity contribution in [2.45, 2.75) is 32.6 Å². The van der Waals surface area contributed by atoms with Gasteiger partial charge < -0.3 is 10.8 Å². The van der Waals surface area contributed by atoms with Crippen LogP contribution in [0.4, 0.5) is 11.4 Å². The van der Waals surface area contributed by atoms with Crippen molar-refractivity contribution in [3.05, 3.63) is 27.8 Å². The van der Waals surface area contributed by atoms with Crippen molar-refractivity contribution >= 4 is 11.4 Å². The van der Waals surface area contributed by atoms with Gasteiger partial charge in [-0.1, -0.05) is 19.8 Å². The number of benzene rings is 1. The summed E-state index contributed by atoms with van der Waals surface area (Å²) < 4.78 is 0. The summed E-state index contributed by atoms with van der Waals surface area (Å²) in [6.07, 6.45) is 3.89. The molecule has 16 heavy (non-hydrogen) atoms. The topological polar surface area (TPSA) is 89.4 Å². The number of hydrogen-bond acceptors (Lipinski definition) is 4. The van der Waals surface area contributed by atoms with Crippen LogP contribution in [0, 0.1) is 10.1 Å². The van der Waals surface area contributed by atoms with Crippen molar-refractivity contribution in [2.24, 2.45) is 0 Å². The molecule has 0 fully saturated rings. The summed E-state index contributed by atoms with van der Waals surface area (Å²) >= 11 is 0. The molecule has 88 valence electrons. The third-order valence-electron chi connectivity index (χ3n) is 2.53. The summed E-state index contributed by atoms with van der Waals surface area (Å²) in [6, 6.07) is 2.91. The lowest BCUT2D eigenvalue weighted by atomic mass is 10.0. The molecule has 0 amide bonds. The molecule has 1 rings (SSSR count). The van der Waals surface area contributed by atoms with E-state index in [1.54, 1.807) is 6.07 Å². The van der Waals surface area contributed by atoms with E-state index in [0.717, 1.165) is 31.2 Å². The molecule has 0 spiro atoms. The Morgan fingerprint density at radius 2 is 2.12 bits per heavy atom. The molecule has 5 nitrogen and oxygen atoms in total. The van der Waals surface area contributed by atoms with Gasteiger partial charge in [0.15, 0.2) is 0 Å². The van der Waals surface area contributed by atoms with Gasteiger partial charge in [0.05, 0.1) is 10.6 Å². The zero-order valence-electron chi connectivity index (χ0n) is 9.27. The van der Waals surface area contributed by atoms with Gasteiger partial charge in [0.25, 0.3) is 0 Å². The maximum atomic E-state index is 10.5. The van der Waals surface area contributed by atoms with Crippen molar-refractivity contribution in [3.63, 3.8) is 0 Å². The van der Waals surface area contributed by atoms with E-state index >= 15 is 0 Å². The summed E-state index contributed by atoms with van der Waals surface area (Å²) in [6.45, 7) is 2.09. The molecular formula is C11H16N2O3. The predicted octanol–water partition coefficient (Wildman–Crippen LogP) is 2.62. The average Bonchev–Trinajstić information content (AvgIpc) is 2.24. The van der Waals surface area contributed by atoms with Crippen molar-refractivity contribution in [1.82, 2.24) is 0 Å². The molecule has 0 radical (unpaired) electrons. The van der Waals surface area contributed by atoms with Gasteiger partial charge >= 0.3 is 5.69 Å². The number of phenolic OH excluding ortho intramolecular Hbond substituents is 1. The number of aromatic hydroxyl groups is 1. The van der Waals surface area contributed by atoms with Crippen LogP contribution in [0.1, 0.15) is 31.7 Å². The molecule has 0 aromatic heterocycles. The number of unbranched alkanes of at least 4 members (excludes halogenated alkanes) is 2. The molecular weight excluding hydrogens is 208 g/mol. The standard InChI is InChI=1S/C11H16N2O3/c1-2-3-4-5-8-6-7-9(13(15)16)11(14)10(8)12/h6-7,14H,2-5,12H2,1H3. The highest BCUT2D eigenvalue weighted by Gasteiger charge is 2.17. The minimum Gasteiger partial charge on any atom is -0.501 e. The number of hydrogen-bond donors (Lipinski definition) is 2. The monoisotopic (exact) mass is 224 g/mol. The van der Waals surface area contributed by atoms with Crippen LogP contribution < -0.4 is 5.73 Å². The van der Waals surface area contributed by atoms with Crippen LogP contribution in [0.3, 0.4) is 0 Å². The van der Waals surface area contributed by atoms with E-state index in [-0.39, 0.29) is 11.4 Å². The van der Waals surface area contributed by atoms with Crippen molar-refractivity contribution in [3.8, 4) is 5.75 Å². The van der Waals surface area contributed by atoms with Gasteiger partial charge in [-0.25, -0.2) is 0 Å². The first kappa shape index (κ1) is 12.3. The third kappa shape index (κ3) is 2.62. The third-order valence-corrected chi connectivity index (χ3v) is 2.53. The van der Waals surface area contributed by atoms with Gasteiger partial charge in [-0.2, -0.15) is 0 Å². The number of rotatable bonds is 5. The number of nitro groups is 1. The second kappa shape index (κ2) is 5.34. The number of nitrogens with zero attached hydrogens (tertiary/aromatic N) is 1. The number of aryl methyl sites for hydroxylation is 1. The molecule has 0 unspecified atom stereocenters. The fraction of sp³-hybridized carbons (Fsp3) is 0.455. The van der Waals surface area contributed by atoms with Gasteiger partial charge in [-0.3, -0.25) is 10.1 Å². The summed E-state index contributed by atoms with van der Waals surface area (Å²) in [5.41, 5.74) is 6.22. The molecule has 3 N–H and O–H groups in total. The molecule has 0 aliphatic heterocycles. The zero-order valence-corrected chi connectivity index (χ0v) is 9.27. The lowest BCUT2D eigenvalue weighted by Crippen LogP contribution is -1.98. The lowest BCUT2D eigenvalue weighted by Gasteiger charge is -2.07. The van der Waals surface area contributed by atoms with Crippen molar-refractivity contribution in [2.75, 3.05) is 5.73 Å². The largest absolute Gasteiger partial charge is 0.501 e. The minimum absolute atomic E-state index is 0.130. The van der Waals surface area contributed by atoms with E-state index in [4.69, 9.17) is 5.73 Å². The molecule has 1 aromatic carbocycles. The van der Waals surface area contributed by atoms with E-state index in [1.807, 2.05) is 0 Å². The Morgan fingerprint density at radius 1 is 1.44 bits per heavy atom.